The first kappa shape index (κ1) is 26.3. The number of nitrogens with one attached hydrogen (secondary N) is 1. The summed E-state index contributed by atoms with van der Waals surface area (Å²) in [6.07, 6.45) is 4.04. The number of nitrogens with two attached hydrogens (primary N) is 1. The lowest BCUT2D eigenvalue weighted by atomic mass is 9.90. The van der Waals surface area contributed by atoms with Crippen LogP contribution in [0, 0.1) is 5.92 Å². The van der Waals surface area contributed by atoms with Crippen molar-refractivity contribution >= 4 is 27.6 Å². The number of carbonyl (C=O) groups is 1. The number of sulfonamides is 1. The number of anilines is 2. The summed E-state index contributed by atoms with van der Waals surface area (Å²) in [5.74, 6) is -0.0834. The fourth-order valence-corrected chi connectivity index (χ4v) is 5.07. The highest BCUT2D eigenvalue weighted by molar-refractivity contribution is 7.90. The first-order valence-corrected chi connectivity index (χ1v) is 13.4. The predicted octanol–water partition coefficient (Wildman–Crippen LogP) is 3.05. The molecule has 1 amide bonds. The molecular formula is C25H31N7O4S. The van der Waals surface area contributed by atoms with Gasteiger partial charge in [-0.2, -0.15) is 8.42 Å². The molecule has 12 heteroatoms. The molecule has 3 aromatic heterocycles. The van der Waals surface area contributed by atoms with E-state index in [1.165, 1.54) is 18.2 Å². The Kier molecular flexibility index (Phi) is 7.05. The molecule has 0 spiro atoms. The summed E-state index contributed by atoms with van der Waals surface area (Å²) < 4.78 is 33.4. The van der Waals surface area contributed by atoms with Crippen molar-refractivity contribution in [1.82, 2.24) is 24.7 Å². The third kappa shape index (κ3) is 5.48. The van der Waals surface area contributed by atoms with E-state index in [1.54, 1.807) is 24.5 Å². The van der Waals surface area contributed by atoms with Gasteiger partial charge in [0.1, 0.15) is 11.6 Å². The highest BCUT2D eigenvalue weighted by Crippen LogP contribution is 2.39. The zero-order valence-electron chi connectivity index (χ0n) is 21.5. The second-order valence-corrected chi connectivity index (χ2v) is 11.4. The van der Waals surface area contributed by atoms with Gasteiger partial charge < -0.3 is 15.4 Å². The van der Waals surface area contributed by atoms with Gasteiger partial charge in [0.2, 0.25) is 0 Å². The monoisotopic (exact) mass is 525 g/mol. The number of ether oxygens (including phenoxy) is 1. The maximum absolute atomic E-state index is 13.3. The highest BCUT2D eigenvalue weighted by Gasteiger charge is 2.41. The average molecular weight is 526 g/mol. The summed E-state index contributed by atoms with van der Waals surface area (Å²) in [6, 6.07) is 7.64. The number of nitrogen functional groups attached to an aromatic ring is 1. The number of aromatic nitrogens is 4. The Hall–Kier alpha value is -3.80. The van der Waals surface area contributed by atoms with Gasteiger partial charge in [0.25, 0.3) is 15.9 Å². The minimum atomic E-state index is -4.26. The molecule has 37 heavy (non-hydrogen) atoms. The summed E-state index contributed by atoms with van der Waals surface area (Å²) in [5, 5.41) is -0.344. The molecule has 0 saturated carbocycles. The lowest BCUT2D eigenvalue weighted by molar-refractivity contribution is 0.0981. The predicted molar refractivity (Wildman–Crippen MR) is 140 cm³/mol. The van der Waals surface area contributed by atoms with Crippen LogP contribution in [-0.4, -0.2) is 52.4 Å². The molecule has 1 aliphatic heterocycles. The number of hydrogen-bond acceptors (Lipinski definition) is 10. The molecule has 1 unspecified atom stereocenters. The van der Waals surface area contributed by atoms with Crippen molar-refractivity contribution in [2.45, 2.75) is 57.7 Å². The average Bonchev–Trinajstić information content (AvgIpc) is 3.10. The quantitative estimate of drug-likeness (QED) is 0.470. The topological polar surface area (TPSA) is 153 Å². The van der Waals surface area contributed by atoms with Crippen LogP contribution >= 0.6 is 0 Å². The van der Waals surface area contributed by atoms with Crippen LogP contribution in [0.5, 0.6) is 6.01 Å². The second kappa shape index (κ2) is 9.92. The van der Waals surface area contributed by atoms with Crippen LogP contribution in [0.15, 0.2) is 47.8 Å². The molecule has 3 aromatic rings. The summed E-state index contributed by atoms with van der Waals surface area (Å²) in [4.78, 5) is 32.5. The van der Waals surface area contributed by atoms with E-state index < -0.39 is 15.9 Å². The maximum Gasteiger partial charge on any atom is 0.316 e. The van der Waals surface area contributed by atoms with Gasteiger partial charge in [-0.15, -0.1) is 0 Å². The van der Waals surface area contributed by atoms with E-state index in [4.69, 9.17) is 15.5 Å². The van der Waals surface area contributed by atoms with Gasteiger partial charge in [-0.1, -0.05) is 13.0 Å². The number of pyridine rings is 2. The van der Waals surface area contributed by atoms with Crippen molar-refractivity contribution in [3.05, 3.63) is 48.3 Å². The second-order valence-electron chi connectivity index (χ2n) is 9.82. The van der Waals surface area contributed by atoms with Gasteiger partial charge >= 0.3 is 6.01 Å². The molecule has 0 aromatic carbocycles. The van der Waals surface area contributed by atoms with Crippen molar-refractivity contribution in [2.75, 3.05) is 17.2 Å². The van der Waals surface area contributed by atoms with Crippen LogP contribution in [0.25, 0.3) is 11.3 Å². The SMILES string of the molecule is CC(C)Oc1ncc(-c2ccc(C(=O)NS(=O)(=O)c3cccc(N)n3)c(N3CCC(C)C3(C)C)n2)cn1. The molecule has 4 rings (SSSR count). The Morgan fingerprint density at radius 3 is 2.46 bits per heavy atom. The molecule has 1 saturated heterocycles. The third-order valence-corrected chi connectivity index (χ3v) is 7.81. The van der Waals surface area contributed by atoms with Crippen LogP contribution in [0.3, 0.4) is 0 Å². The highest BCUT2D eigenvalue weighted by atomic mass is 32.2. The fraction of sp³-hybridized carbons (Fsp3) is 0.400. The summed E-state index contributed by atoms with van der Waals surface area (Å²) in [7, 11) is -4.26. The summed E-state index contributed by atoms with van der Waals surface area (Å²) >= 11 is 0. The van der Waals surface area contributed by atoms with Crippen molar-refractivity contribution < 1.29 is 17.9 Å². The Labute approximate surface area is 216 Å². The number of nitrogens with zero attached hydrogens (tertiary/aromatic N) is 5. The fourth-order valence-electron chi connectivity index (χ4n) is 4.13. The van der Waals surface area contributed by atoms with Crippen LogP contribution in [-0.2, 0) is 10.0 Å². The molecule has 1 fully saturated rings. The molecule has 1 aliphatic rings. The van der Waals surface area contributed by atoms with Crippen LogP contribution < -0.4 is 20.1 Å². The lowest BCUT2D eigenvalue weighted by Gasteiger charge is -2.36. The van der Waals surface area contributed by atoms with E-state index in [0.29, 0.717) is 29.5 Å². The van der Waals surface area contributed by atoms with Gasteiger partial charge in [0, 0.05) is 30.0 Å². The van der Waals surface area contributed by atoms with Crippen molar-refractivity contribution in [2.24, 2.45) is 5.92 Å². The van der Waals surface area contributed by atoms with E-state index in [1.807, 2.05) is 18.7 Å². The number of rotatable bonds is 7. The van der Waals surface area contributed by atoms with Gasteiger partial charge in [0.15, 0.2) is 5.03 Å². The lowest BCUT2D eigenvalue weighted by Crippen LogP contribution is -2.43. The number of carbonyl (C=O) groups excluding carboxylic acids is 1. The standard InChI is InChI=1S/C25H31N7O4S/c1-15(2)36-24-27-13-17(14-28-24)19-10-9-18(22(29-19)32-12-11-16(3)25(32,4)5)23(33)31-37(34,35)21-8-6-7-20(26)30-21/h6-10,13-16H,11-12H2,1-5H3,(H2,26,30)(H,31,33). The molecule has 1 atom stereocenters. The number of amides is 1. The molecule has 196 valence electrons. The van der Waals surface area contributed by atoms with E-state index in [-0.39, 0.29) is 34.1 Å². The first-order valence-electron chi connectivity index (χ1n) is 12.0. The van der Waals surface area contributed by atoms with E-state index in [2.05, 4.69) is 40.4 Å². The molecule has 4 heterocycles. The number of hydrogen-bond donors (Lipinski definition) is 2. The first-order chi connectivity index (χ1) is 17.4. The minimum absolute atomic E-state index is 0.0295. The van der Waals surface area contributed by atoms with Crippen molar-refractivity contribution in [1.29, 1.82) is 0 Å². The molecule has 0 bridgehead atoms. The van der Waals surface area contributed by atoms with Crippen LogP contribution in [0.2, 0.25) is 0 Å². The Bertz CT molecular complexity index is 1410. The maximum atomic E-state index is 13.3. The van der Waals surface area contributed by atoms with Gasteiger partial charge in [0.05, 0.1) is 17.4 Å². The van der Waals surface area contributed by atoms with Crippen LogP contribution in [0.1, 0.15) is 51.4 Å². The molecule has 11 nitrogen and oxygen atoms in total. The van der Waals surface area contributed by atoms with E-state index in [0.717, 1.165) is 6.42 Å². The zero-order valence-corrected chi connectivity index (χ0v) is 22.3. The zero-order chi connectivity index (χ0) is 27.0. The van der Waals surface area contributed by atoms with Crippen LogP contribution in [0.4, 0.5) is 11.6 Å². The minimum Gasteiger partial charge on any atom is -0.461 e. The van der Waals surface area contributed by atoms with E-state index >= 15 is 0 Å². The molecule has 3 N–H and O–H groups in total. The van der Waals surface area contributed by atoms with Gasteiger partial charge in [-0.25, -0.2) is 24.7 Å². The van der Waals surface area contributed by atoms with Crippen molar-refractivity contribution in [3.63, 3.8) is 0 Å². The Morgan fingerprint density at radius 1 is 1.16 bits per heavy atom. The Balaban J connectivity index is 1.73. The summed E-state index contributed by atoms with van der Waals surface area (Å²) in [5.41, 5.74) is 6.60. The third-order valence-electron chi connectivity index (χ3n) is 6.58. The van der Waals surface area contributed by atoms with Gasteiger partial charge in [-0.3, -0.25) is 4.79 Å². The smallest absolute Gasteiger partial charge is 0.316 e. The molecule has 0 radical (unpaired) electrons. The van der Waals surface area contributed by atoms with Crippen molar-refractivity contribution in [3.8, 4) is 17.3 Å². The summed E-state index contributed by atoms with van der Waals surface area (Å²) in [6.45, 7) is 10.7. The molecular weight excluding hydrogens is 494 g/mol. The van der Waals surface area contributed by atoms with Gasteiger partial charge in [-0.05, 0) is 64.3 Å². The normalized spacial score (nSPS) is 17.1. The van der Waals surface area contributed by atoms with E-state index in [9.17, 15) is 13.2 Å². The largest absolute Gasteiger partial charge is 0.461 e. The Morgan fingerprint density at radius 2 is 1.86 bits per heavy atom. The molecule has 0 aliphatic carbocycles.